The Morgan fingerprint density at radius 1 is 1.17 bits per heavy atom. The maximum Gasteiger partial charge on any atom is 0.131 e. The summed E-state index contributed by atoms with van der Waals surface area (Å²) in [6.45, 7) is 2.09. The van der Waals surface area contributed by atoms with Crippen LogP contribution < -0.4 is 0 Å². The maximum absolute atomic E-state index is 5.56. The smallest absolute Gasteiger partial charge is 0.131 e. The molecule has 0 fully saturated rings. The van der Waals surface area contributed by atoms with Gasteiger partial charge in [0.2, 0.25) is 0 Å². The lowest BCUT2D eigenvalue weighted by atomic mass is 10.0. The van der Waals surface area contributed by atoms with Gasteiger partial charge in [-0.3, -0.25) is 0 Å². The molecule has 0 spiro atoms. The Labute approximate surface area is 106 Å². The van der Waals surface area contributed by atoms with Gasteiger partial charge in [0.15, 0.2) is 0 Å². The van der Waals surface area contributed by atoms with E-state index in [1.54, 1.807) is 12.5 Å². The molecule has 3 rings (SSSR count). The predicted molar refractivity (Wildman–Crippen MR) is 69.4 cm³/mol. The van der Waals surface area contributed by atoms with Gasteiger partial charge in [-0.15, -0.1) is 0 Å². The van der Waals surface area contributed by atoms with Crippen LogP contribution in [0, 0.1) is 6.92 Å². The molecule has 18 heavy (non-hydrogen) atoms. The first-order chi connectivity index (χ1) is 8.84. The highest BCUT2D eigenvalue weighted by Crippen LogP contribution is 2.26. The van der Waals surface area contributed by atoms with E-state index < -0.39 is 0 Å². The first kappa shape index (κ1) is 10.8. The number of hydrogen-bond acceptors (Lipinski definition) is 2. The number of nitrogens with zero attached hydrogens (tertiary/aromatic N) is 2. The van der Waals surface area contributed by atoms with E-state index in [0.717, 1.165) is 5.76 Å². The van der Waals surface area contributed by atoms with Gasteiger partial charge in [-0.05, 0) is 24.6 Å². The van der Waals surface area contributed by atoms with Crippen molar-refractivity contribution in [3.05, 3.63) is 78.3 Å². The van der Waals surface area contributed by atoms with Crippen LogP contribution in [0.4, 0.5) is 0 Å². The lowest BCUT2D eigenvalue weighted by Crippen LogP contribution is -2.09. The monoisotopic (exact) mass is 238 g/mol. The second kappa shape index (κ2) is 4.53. The van der Waals surface area contributed by atoms with E-state index in [-0.39, 0.29) is 6.04 Å². The number of benzene rings is 1. The van der Waals surface area contributed by atoms with Crippen LogP contribution in [0.3, 0.4) is 0 Å². The highest BCUT2D eigenvalue weighted by atomic mass is 16.3. The van der Waals surface area contributed by atoms with E-state index >= 15 is 0 Å². The molecule has 0 aliphatic heterocycles. The lowest BCUT2D eigenvalue weighted by Gasteiger charge is -2.16. The van der Waals surface area contributed by atoms with Crippen LogP contribution >= 0.6 is 0 Å². The average Bonchev–Trinajstić information content (AvgIpc) is 3.06. The van der Waals surface area contributed by atoms with E-state index in [9.17, 15) is 0 Å². The number of aromatic nitrogens is 2. The van der Waals surface area contributed by atoms with Gasteiger partial charge in [0.1, 0.15) is 11.8 Å². The Morgan fingerprint density at radius 2 is 2.00 bits per heavy atom. The number of aryl methyl sites for hydroxylation is 1. The highest BCUT2D eigenvalue weighted by molar-refractivity contribution is 5.30. The summed E-state index contributed by atoms with van der Waals surface area (Å²) in [5, 5.41) is 0. The third kappa shape index (κ3) is 1.95. The summed E-state index contributed by atoms with van der Waals surface area (Å²) in [5.41, 5.74) is 2.44. The Hall–Kier alpha value is -2.29. The van der Waals surface area contributed by atoms with Crippen molar-refractivity contribution in [2.75, 3.05) is 0 Å². The Bertz CT molecular complexity index is 560. The quantitative estimate of drug-likeness (QED) is 0.700. The fourth-order valence-electron chi connectivity index (χ4n) is 2.10. The molecule has 0 amide bonds. The van der Waals surface area contributed by atoms with Crippen molar-refractivity contribution in [3.63, 3.8) is 0 Å². The van der Waals surface area contributed by atoms with Crippen molar-refractivity contribution in [2.24, 2.45) is 0 Å². The van der Waals surface area contributed by atoms with Crippen LogP contribution in [0.1, 0.15) is 22.9 Å². The molecule has 1 unspecified atom stereocenters. The summed E-state index contributed by atoms with van der Waals surface area (Å²) in [6.07, 6.45) is 7.25. The summed E-state index contributed by atoms with van der Waals surface area (Å²) in [5.74, 6) is 0.914. The van der Waals surface area contributed by atoms with Crippen LogP contribution in [0.5, 0.6) is 0 Å². The third-order valence-corrected chi connectivity index (χ3v) is 3.03. The minimum Gasteiger partial charge on any atom is -0.467 e. The zero-order valence-electron chi connectivity index (χ0n) is 10.2. The third-order valence-electron chi connectivity index (χ3n) is 3.03. The minimum atomic E-state index is 0.0445. The van der Waals surface area contributed by atoms with Crippen molar-refractivity contribution in [1.82, 2.24) is 9.55 Å². The van der Waals surface area contributed by atoms with Gasteiger partial charge in [-0.1, -0.05) is 29.8 Å². The Kier molecular flexibility index (Phi) is 2.73. The molecular formula is C15H14N2O. The second-order valence-electron chi connectivity index (χ2n) is 4.34. The molecule has 0 aliphatic rings. The molecule has 0 radical (unpaired) electrons. The van der Waals surface area contributed by atoms with Gasteiger partial charge < -0.3 is 8.98 Å². The maximum atomic E-state index is 5.56. The molecule has 2 heterocycles. The fourth-order valence-corrected chi connectivity index (χ4v) is 2.10. The number of imidazole rings is 1. The molecule has 0 aliphatic carbocycles. The molecule has 90 valence electrons. The fraction of sp³-hybridized carbons (Fsp3) is 0.133. The molecule has 1 atom stereocenters. The minimum absolute atomic E-state index is 0.0445. The van der Waals surface area contributed by atoms with Gasteiger partial charge in [0.25, 0.3) is 0 Å². The van der Waals surface area contributed by atoms with Gasteiger partial charge in [0.05, 0.1) is 12.6 Å². The summed E-state index contributed by atoms with van der Waals surface area (Å²) in [6, 6.07) is 12.4. The molecule has 3 heteroatoms. The zero-order valence-corrected chi connectivity index (χ0v) is 10.2. The van der Waals surface area contributed by atoms with Crippen molar-refractivity contribution in [3.8, 4) is 0 Å². The van der Waals surface area contributed by atoms with Gasteiger partial charge in [-0.25, -0.2) is 4.98 Å². The van der Waals surface area contributed by atoms with Crippen molar-refractivity contribution >= 4 is 0 Å². The molecule has 0 bridgehead atoms. The predicted octanol–water partition coefficient (Wildman–Crippen LogP) is 3.42. The molecular weight excluding hydrogens is 224 g/mol. The number of rotatable bonds is 3. The van der Waals surface area contributed by atoms with E-state index in [0.29, 0.717) is 0 Å². The van der Waals surface area contributed by atoms with E-state index in [1.807, 2.05) is 29.2 Å². The second-order valence-corrected chi connectivity index (χ2v) is 4.34. The van der Waals surface area contributed by atoms with E-state index in [4.69, 9.17) is 4.42 Å². The van der Waals surface area contributed by atoms with E-state index in [2.05, 4.69) is 36.2 Å². The molecule has 0 N–H and O–H groups in total. The van der Waals surface area contributed by atoms with Gasteiger partial charge >= 0.3 is 0 Å². The van der Waals surface area contributed by atoms with Crippen LogP contribution in [-0.4, -0.2) is 9.55 Å². The van der Waals surface area contributed by atoms with Gasteiger partial charge in [0, 0.05) is 12.4 Å². The molecule has 0 saturated carbocycles. The first-order valence-electron chi connectivity index (χ1n) is 5.92. The molecule has 1 aromatic carbocycles. The first-order valence-corrected chi connectivity index (χ1v) is 5.92. The summed E-state index contributed by atoms with van der Waals surface area (Å²) in [4.78, 5) is 4.12. The largest absolute Gasteiger partial charge is 0.467 e. The normalized spacial score (nSPS) is 12.5. The molecule has 0 saturated heterocycles. The Morgan fingerprint density at radius 3 is 2.61 bits per heavy atom. The van der Waals surface area contributed by atoms with Crippen LogP contribution in [0.15, 0.2) is 65.8 Å². The Balaban J connectivity index is 2.08. The van der Waals surface area contributed by atoms with E-state index in [1.165, 1.54) is 11.1 Å². The van der Waals surface area contributed by atoms with Crippen LogP contribution in [-0.2, 0) is 0 Å². The number of furan rings is 1. The molecule has 2 aromatic heterocycles. The van der Waals surface area contributed by atoms with Crippen molar-refractivity contribution < 1.29 is 4.42 Å². The zero-order chi connectivity index (χ0) is 12.4. The van der Waals surface area contributed by atoms with Crippen molar-refractivity contribution in [2.45, 2.75) is 13.0 Å². The van der Waals surface area contributed by atoms with Crippen LogP contribution in [0.25, 0.3) is 0 Å². The number of hydrogen-bond donors (Lipinski definition) is 0. The average molecular weight is 238 g/mol. The van der Waals surface area contributed by atoms with Crippen LogP contribution in [0.2, 0.25) is 0 Å². The SMILES string of the molecule is Cc1ccc(C(c2ccco2)n2ccnc2)cc1. The lowest BCUT2D eigenvalue weighted by molar-refractivity contribution is 0.460. The molecule has 3 nitrogen and oxygen atoms in total. The topological polar surface area (TPSA) is 31.0 Å². The summed E-state index contributed by atoms with van der Waals surface area (Å²) in [7, 11) is 0. The molecule has 3 aromatic rings. The summed E-state index contributed by atoms with van der Waals surface area (Å²) >= 11 is 0. The summed E-state index contributed by atoms with van der Waals surface area (Å²) < 4.78 is 7.60. The van der Waals surface area contributed by atoms with Gasteiger partial charge in [-0.2, -0.15) is 0 Å². The van der Waals surface area contributed by atoms with Crippen molar-refractivity contribution in [1.29, 1.82) is 0 Å². The standard InChI is InChI=1S/C15H14N2O/c1-12-4-6-13(7-5-12)15(14-3-2-10-18-14)17-9-8-16-11-17/h2-11,15H,1H3. The highest BCUT2D eigenvalue weighted by Gasteiger charge is 2.18.